The Morgan fingerprint density at radius 2 is 1.79 bits per heavy atom. The van der Waals surface area contributed by atoms with Crippen LogP contribution in [-0.2, 0) is 11.2 Å². The zero-order valence-corrected chi connectivity index (χ0v) is 16.4. The molecule has 0 radical (unpaired) electrons. The third-order valence-corrected chi connectivity index (χ3v) is 5.23. The first-order valence-electron chi connectivity index (χ1n) is 9.68. The van der Waals surface area contributed by atoms with Gasteiger partial charge in [0.1, 0.15) is 5.82 Å². The number of likely N-dealkylation sites (N-methyl/N-ethyl adjacent to an activating group) is 1. The van der Waals surface area contributed by atoms with E-state index in [2.05, 4.69) is 43.9 Å². The third kappa shape index (κ3) is 4.40. The number of aromatic nitrogens is 3. The molecule has 1 aliphatic heterocycles. The van der Waals surface area contributed by atoms with Crippen LogP contribution >= 0.6 is 0 Å². The highest BCUT2D eigenvalue weighted by atomic mass is 16.1. The molecular formula is C22H25N5O. The lowest BCUT2D eigenvalue weighted by Crippen LogP contribution is -2.46. The predicted octanol–water partition coefficient (Wildman–Crippen LogP) is 2.36. The maximum atomic E-state index is 12.5. The molecule has 0 unspecified atom stereocenters. The van der Waals surface area contributed by atoms with Crippen molar-refractivity contribution in [2.45, 2.75) is 13.3 Å². The zero-order valence-electron chi connectivity index (χ0n) is 16.4. The van der Waals surface area contributed by atoms with E-state index in [4.69, 9.17) is 0 Å². The summed E-state index contributed by atoms with van der Waals surface area (Å²) in [5, 5.41) is 0.971. The van der Waals surface area contributed by atoms with E-state index in [0.717, 1.165) is 53.9 Å². The summed E-state index contributed by atoms with van der Waals surface area (Å²) in [4.78, 5) is 30.4. The van der Waals surface area contributed by atoms with Crippen LogP contribution in [0.1, 0.15) is 11.5 Å². The van der Waals surface area contributed by atoms with Crippen LogP contribution in [-0.4, -0.2) is 70.3 Å². The van der Waals surface area contributed by atoms with E-state index < -0.39 is 0 Å². The van der Waals surface area contributed by atoms with Gasteiger partial charge >= 0.3 is 0 Å². The van der Waals surface area contributed by atoms with E-state index in [1.165, 1.54) is 0 Å². The Morgan fingerprint density at radius 3 is 2.54 bits per heavy atom. The fourth-order valence-corrected chi connectivity index (χ4v) is 3.45. The Hall–Kier alpha value is -2.70. The molecular weight excluding hydrogens is 350 g/mol. The van der Waals surface area contributed by atoms with Gasteiger partial charge in [-0.1, -0.05) is 18.2 Å². The van der Waals surface area contributed by atoms with Gasteiger partial charge in [0.2, 0.25) is 0 Å². The van der Waals surface area contributed by atoms with Gasteiger partial charge in [-0.05, 0) is 31.7 Å². The second-order valence-corrected chi connectivity index (χ2v) is 7.54. The topological polar surface area (TPSA) is 62.2 Å². The van der Waals surface area contributed by atoms with E-state index in [-0.39, 0.29) is 12.2 Å². The van der Waals surface area contributed by atoms with E-state index >= 15 is 0 Å². The van der Waals surface area contributed by atoms with Crippen molar-refractivity contribution >= 4 is 16.7 Å². The van der Waals surface area contributed by atoms with Crippen LogP contribution in [0.15, 0.2) is 42.7 Å². The van der Waals surface area contributed by atoms with E-state index in [0.29, 0.717) is 12.4 Å². The number of hydrogen-bond donors (Lipinski definition) is 0. The highest BCUT2D eigenvalue weighted by Crippen LogP contribution is 2.23. The molecule has 28 heavy (non-hydrogen) atoms. The molecule has 0 N–H and O–H groups in total. The van der Waals surface area contributed by atoms with Crippen LogP contribution in [0, 0.1) is 6.92 Å². The molecule has 6 heteroatoms. The minimum Gasteiger partial charge on any atom is -0.304 e. The second-order valence-electron chi connectivity index (χ2n) is 7.54. The first-order chi connectivity index (χ1) is 13.6. The largest absolute Gasteiger partial charge is 0.304 e. The number of nitrogens with zero attached hydrogens (tertiary/aromatic N) is 5. The fraction of sp³-hybridized carbons (Fsp3) is 0.364. The average Bonchev–Trinajstić information content (AvgIpc) is 2.70. The molecule has 0 bridgehead atoms. The first-order valence-corrected chi connectivity index (χ1v) is 9.68. The standard InChI is InChI=1S/C22H25N5O/c1-16-3-4-18(13-23-16)17-5-6-19-14-24-22(25-21(19)11-17)12-20(28)15-27-9-7-26(2)8-10-27/h3-6,11,13-14H,7-10,12,15H2,1-2H3. The third-order valence-electron chi connectivity index (χ3n) is 5.23. The van der Waals surface area contributed by atoms with Gasteiger partial charge in [0.15, 0.2) is 5.78 Å². The number of hydrogen-bond acceptors (Lipinski definition) is 6. The summed E-state index contributed by atoms with van der Waals surface area (Å²) in [5.74, 6) is 0.758. The van der Waals surface area contributed by atoms with Crippen molar-refractivity contribution in [3.63, 3.8) is 0 Å². The summed E-state index contributed by atoms with van der Waals surface area (Å²) in [6, 6.07) is 10.2. The number of carbonyl (C=O) groups excluding carboxylic acids is 1. The van der Waals surface area contributed by atoms with Crippen LogP contribution in [0.4, 0.5) is 0 Å². The van der Waals surface area contributed by atoms with E-state index in [1.807, 2.05) is 31.3 Å². The van der Waals surface area contributed by atoms with E-state index in [1.54, 1.807) is 6.20 Å². The lowest BCUT2D eigenvalue weighted by molar-refractivity contribution is -0.120. The smallest absolute Gasteiger partial charge is 0.154 e. The molecule has 0 spiro atoms. The molecule has 1 aliphatic rings. The molecule has 0 atom stereocenters. The molecule has 4 rings (SSSR count). The normalized spacial score (nSPS) is 15.8. The number of ketones is 1. The number of pyridine rings is 1. The van der Waals surface area contributed by atoms with Gasteiger partial charge in [0.25, 0.3) is 0 Å². The number of rotatable bonds is 5. The molecule has 1 aromatic carbocycles. The minimum absolute atomic E-state index is 0.169. The Morgan fingerprint density at radius 1 is 1.00 bits per heavy atom. The van der Waals surface area contributed by atoms with Crippen molar-refractivity contribution in [1.29, 1.82) is 0 Å². The van der Waals surface area contributed by atoms with Gasteiger partial charge < -0.3 is 4.90 Å². The number of aryl methyl sites for hydroxylation is 1. The van der Waals surface area contributed by atoms with Crippen molar-refractivity contribution in [3.8, 4) is 11.1 Å². The van der Waals surface area contributed by atoms with Gasteiger partial charge in [-0.25, -0.2) is 9.97 Å². The summed E-state index contributed by atoms with van der Waals surface area (Å²) in [5.41, 5.74) is 3.97. The van der Waals surface area contributed by atoms with Gasteiger partial charge in [0, 0.05) is 55.2 Å². The lowest BCUT2D eigenvalue weighted by atomic mass is 10.1. The Labute approximate surface area is 165 Å². The maximum absolute atomic E-state index is 12.5. The van der Waals surface area contributed by atoms with Gasteiger partial charge in [-0.15, -0.1) is 0 Å². The summed E-state index contributed by atoms with van der Waals surface area (Å²) < 4.78 is 0. The average molecular weight is 375 g/mol. The molecule has 0 saturated carbocycles. The maximum Gasteiger partial charge on any atom is 0.154 e. The fourth-order valence-electron chi connectivity index (χ4n) is 3.45. The first kappa shape index (κ1) is 18.7. The highest BCUT2D eigenvalue weighted by molar-refractivity contribution is 5.85. The molecule has 6 nitrogen and oxygen atoms in total. The lowest BCUT2D eigenvalue weighted by Gasteiger charge is -2.31. The van der Waals surface area contributed by atoms with Crippen molar-refractivity contribution < 1.29 is 4.79 Å². The number of Topliss-reactive ketones (excluding diaryl/α,β-unsaturated/α-hetero) is 1. The molecule has 0 amide bonds. The van der Waals surface area contributed by atoms with E-state index in [9.17, 15) is 4.79 Å². The van der Waals surface area contributed by atoms with Crippen molar-refractivity contribution in [2.24, 2.45) is 0 Å². The number of piperazine rings is 1. The molecule has 0 aliphatic carbocycles. The number of carbonyl (C=O) groups is 1. The summed E-state index contributed by atoms with van der Waals surface area (Å²) in [6.45, 7) is 6.35. The summed E-state index contributed by atoms with van der Waals surface area (Å²) in [7, 11) is 2.11. The number of fused-ring (bicyclic) bond motifs is 1. The van der Waals surface area contributed by atoms with Gasteiger partial charge in [-0.3, -0.25) is 14.7 Å². The monoisotopic (exact) mass is 375 g/mol. The van der Waals surface area contributed by atoms with Crippen LogP contribution in [0.25, 0.3) is 22.0 Å². The molecule has 1 fully saturated rings. The Balaban J connectivity index is 1.48. The molecule has 3 heterocycles. The highest BCUT2D eigenvalue weighted by Gasteiger charge is 2.17. The van der Waals surface area contributed by atoms with Crippen molar-refractivity contribution in [1.82, 2.24) is 24.8 Å². The Bertz CT molecular complexity index is 978. The van der Waals surface area contributed by atoms with Crippen LogP contribution in [0.3, 0.4) is 0 Å². The minimum atomic E-state index is 0.169. The van der Waals surface area contributed by atoms with Crippen molar-refractivity contribution in [3.05, 3.63) is 54.2 Å². The van der Waals surface area contributed by atoms with Crippen molar-refractivity contribution in [2.75, 3.05) is 39.8 Å². The van der Waals surface area contributed by atoms with Crippen LogP contribution in [0.5, 0.6) is 0 Å². The molecule has 3 aromatic rings. The van der Waals surface area contributed by atoms with Crippen LogP contribution < -0.4 is 0 Å². The van der Waals surface area contributed by atoms with Gasteiger partial charge in [-0.2, -0.15) is 0 Å². The Kier molecular flexibility index (Phi) is 5.41. The van der Waals surface area contributed by atoms with Gasteiger partial charge in [0.05, 0.1) is 18.5 Å². The molecule has 144 valence electrons. The SMILES string of the molecule is Cc1ccc(-c2ccc3cnc(CC(=O)CN4CCN(C)CC4)nc3c2)cn1. The summed E-state index contributed by atoms with van der Waals surface area (Å²) >= 11 is 0. The molecule has 1 saturated heterocycles. The predicted molar refractivity (Wildman–Crippen MR) is 110 cm³/mol. The quantitative estimate of drug-likeness (QED) is 0.682. The zero-order chi connectivity index (χ0) is 19.5. The number of benzene rings is 1. The van der Waals surface area contributed by atoms with Crippen LogP contribution in [0.2, 0.25) is 0 Å². The second kappa shape index (κ2) is 8.12. The summed E-state index contributed by atoms with van der Waals surface area (Å²) in [6.07, 6.45) is 3.95. The molecule has 2 aromatic heterocycles.